The molecule has 0 spiro atoms. The first-order valence-corrected chi connectivity index (χ1v) is 11.3. The monoisotopic (exact) mass is 478 g/mol. The van der Waals surface area contributed by atoms with Crippen LogP contribution in [0.15, 0.2) is 58.8 Å². The summed E-state index contributed by atoms with van der Waals surface area (Å²) in [6.45, 7) is 2.45. The number of thiocarbonyl (C=S) groups is 1. The summed E-state index contributed by atoms with van der Waals surface area (Å²) in [4.78, 5) is 41.8. The van der Waals surface area contributed by atoms with Crippen molar-refractivity contribution >= 4 is 52.0 Å². The number of nitrogens with one attached hydrogen (secondary N) is 1. The zero-order chi connectivity index (χ0) is 23.7. The van der Waals surface area contributed by atoms with Gasteiger partial charge in [0, 0.05) is 35.8 Å². The van der Waals surface area contributed by atoms with Crippen LogP contribution in [0.1, 0.15) is 11.3 Å². The van der Waals surface area contributed by atoms with Crippen molar-refractivity contribution < 1.29 is 23.5 Å². The number of furan rings is 1. The van der Waals surface area contributed by atoms with Gasteiger partial charge in [-0.1, -0.05) is 18.2 Å². The smallest absolute Gasteiger partial charge is 0.266 e. The van der Waals surface area contributed by atoms with Crippen LogP contribution in [0.4, 0.5) is 0 Å². The summed E-state index contributed by atoms with van der Waals surface area (Å²) in [6, 6.07) is 11.0. The van der Waals surface area contributed by atoms with Crippen LogP contribution >= 0.6 is 12.2 Å². The first kappa shape index (κ1) is 22.1. The minimum atomic E-state index is -0.563. The number of carbonyl (C=O) groups is 3. The van der Waals surface area contributed by atoms with E-state index in [2.05, 4.69) is 5.32 Å². The van der Waals surface area contributed by atoms with Gasteiger partial charge in [0.25, 0.3) is 11.8 Å². The van der Waals surface area contributed by atoms with Gasteiger partial charge >= 0.3 is 0 Å². The van der Waals surface area contributed by atoms with Gasteiger partial charge in [0.2, 0.25) is 5.91 Å². The summed E-state index contributed by atoms with van der Waals surface area (Å²) in [7, 11) is 0. The van der Waals surface area contributed by atoms with E-state index in [9.17, 15) is 14.4 Å². The largest absolute Gasteiger partial charge is 0.467 e. The molecule has 2 aromatic heterocycles. The molecule has 34 heavy (non-hydrogen) atoms. The molecule has 9 nitrogen and oxygen atoms in total. The lowest BCUT2D eigenvalue weighted by atomic mass is 10.1. The maximum atomic E-state index is 13.2. The molecule has 0 atom stereocenters. The normalized spacial score (nSPS) is 18.1. The molecule has 0 unspecified atom stereocenters. The van der Waals surface area contributed by atoms with Crippen LogP contribution in [0.2, 0.25) is 0 Å². The van der Waals surface area contributed by atoms with E-state index in [0.717, 1.165) is 10.9 Å². The number of morpholine rings is 1. The predicted molar refractivity (Wildman–Crippen MR) is 127 cm³/mol. The molecule has 0 saturated carbocycles. The fraction of sp³-hybridized carbons (Fsp3) is 0.250. The van der Waals surface area contributed by atoms with E-state index in [0.29, 0.717) is 37.6 Å². The van der Waals surface area contributed by atoms with Crippen LogP contribution in [0.5, 0.6) is 0 Å². The van der Waals surface area contributed by atoms with E-state index in [4.69, 9.17) is 21.4 Å². The Bertz CT molecular complexity index is 1300. The van der Waals surface area contributed by atoms with Gasteiger partial charge in [-0.3, -0.25) is 24.6 Å². The highest BCUT2D eigenvalue weighted by Crippen LogP contribution is 2.25. The van der Waals surface area contributed by atoms with E-state index in [1.165, 1.54) is 11.2 Å². The van der Waals surface area contributed by atoms with Crippen LogP contribution in [0.25, 0.3) is 17.0 Å². The third-order valence-electron chi connectivity index (χ3n) is 5.87. The summed E-state index contributed by atoms with van der Waals surface area (Å²) in [5.74, 6) is -0.535. The second kappa shape index (κ2) is 9.24. The predicted octanol–water partition coefficient (Wildman–Crippen LogP) is 1.92. The molecular weight excluding hydrogens is 456 g/mol. The maximum absolute atomic E-state index is 13.2. The lowest BCUT2D eigenvalue weighted by molar-refractivity contribution is -0.136. The third kappa shape index (κ3) is 4.25. The van der Waals surface area contributed by atoms with Crippen molar-refractivity contribution in [3.05, 3.63) is 65.8 Å². The molecule has 2 aliphatic rings. The molecule has 4 heterocycles. The van der Waals surface area contributed by atoms with Crippen molar-refractivity contribution in [3.63, 3.8) is 0 Å². The Morgan fingerprint density at radius 2 is 1.91 bits per heavy atom. The van der Waals surface area contributed by atoms with Crippen LogP contribution in [0.3, 0.4) is 0 Å². The highest BCUT2D eigenvalue weighted by Gasteiger charge is 2.34. The standard InChI is InChI=1S/C24H22N4O5S/c29-21(26-7-10-32-11-8-26)15-27-13-16(18-5-1-2-6-20(18)27)12-19-22(30)25-24(34)28(23(19)31)14-17-4-3-9-33-17/h1-6,9,12-13H,7-8,10-11,14-15H2,(H,25,30,34)/b19-12+. The molecule has 5 rings (SSSR count). The molecule has 174 valence electrons. The number of aromatic nitrogens is 1. The van der Waals surface area contributed by atoms with Crippen molar-refractivity contribution in [1.82, 2.24) is 19.7 Å². The second-order valence-corrected chi connectivity index (χ2v) is 8.40. The zero-order valence-corrected chi connectivity index (χ0v) is 19.0. The fourth-order valence-corrected chi connectivity index (χ4v) is 4.37. The Kier molecular flexibility index (Phi) is 5.99. The molecule has 10 heteroatoms. The third-order valence-corrected chi connectivity index (χ3v) is 6.19. The van der Waals surface area contributed by atoms with E-state index in [1.807, 2.05) is 28.8 Å². The number of rotatable bonds is 5. The first-order chi connectivity index (χ1) is 16.5. The van der Waals surface area contributed by atoms with Crippen LogP contribution in [-0.2, 0) is 32.2 Å². The van der Waals surface area contributed by atoms with E-state index in [1.54, 1.807) is 29.3 Å². The molecule has 2 aliphatic heterocycles. The van der Waals surface area contributed by atoms with Gasteiger partial charge in [-0.15, -0.1) is 0 Å². The van der Waals surface area contributed by atoms with E-state index in [-0.39, 0.29) is 29.7 Å². The summed E-state index contributed by atoms with van der Waals surface area (Å²) >= 11 is 5.21. The Morgan fingerprint density at radius 1 is 1.12 bits per heavy atom. The lowest BCUT2D eigenvalue weighted by Crippen LogP contribution is -2.53. The van der Waals surface area contributed by atoms with Gasteiger partial charge in [0.15, 0.2) is 5.11 Å². The number of carbonyl (C=O) groups excluding carboxylic acids is 3. The number of ether oxygens (including phenoxy) is 1. The highest BCUT2D eigenvalue weighted by molar-refractivity contribution is 7.80. The molecule has 3 amide bonds. The fourth-order valence-electron chi connectivity index (χ4n) is 4.13. The molecule has 0 bridgehead atoms. The average molecular weight is 479 g/mol. The number of benzene rings is 1. The molecular formula is C24H22N4O5S. The minimum absolute atomic E-state index is 0.00952. The minimum Gasteiger partial charge on any atom is -0.467 e. The molecule has 1 aromatic carbocycles. The number of hydrogen-bond acceptors (Lipinski definition) is 6. The van der Waals surface area contributed by atoms with Gasteiger partial charge in [0.05, 0.1) is 26.0 Å². The van der Waals surface area contributed by atoms with E-state index >= 15 is 0 Å². The summed E-state index contributed by atoms with van der Waals surface area (Å²) in [5, 5.41) is 3.44. The van der Waals surface area contributed by atoms with Crippen LogP contribution < -0.4 is 5.32 Å². The van der Waals surface area contributed by atoms with Gasteiger partial charge in [-0.05, 0) is 36.5 Å². The SMILES string of the molecule is O=C1NC(=S)N(Cc2ccco2)C(=O)/C1=C/c1cn(CC(=O)N2CCOCC2)c2ccccc12. The Balaban J connectivity index is 1.46. The number of fused-ring (bicyclic) bond motifs is 1. The van der Waals surface area contributed by atoms with E-state index < -0.39 is 11.8 Å². The number of hydrogen-bond donors (Lipinski definition) is 1. The Morgan fingerprint density at radius 3 is 2.68 bits per heavy atom. The number of amides is 3. The summed E-state index contributed by atoms with van der Waals surface area (Å²) in [5.41, 5.74) is 1.46. The average Bonchev–Trinajstić information content (AvgIpc) is 3.48. The van der Waals surface area contributed by atoms with Gasteiger partial charge in [-0.25, -0.2) is 0 Å². The lowest BCUT2D eigenvalue weighted by Gasteiger charge is -2.28. The van der Waals surface area contributed by atoms with Crippen molar-refractivity contribution in [3.8, 4) is 0 Å². The Hall–Kier alpha value is -3.76. The molecule has 0 radical (unpaired) electrons. The van der Waals surface area contributed by atoms with Gasteiger partial charge in [-0.2, -0.15) is 0 Å². The van der Waals surface area contributed by atoms with Crippen LogP contribution in [0, 0.1) is 0 Å². The molecule has 3 aromatic rings. The quantitative estimate of drug-likeness (QED) is 0.342. The first-order valence-electron chi connectivity index (χ1n) is 10.9. The van der Waals surface area contributed by atoms with Crippen molar-refractivity contribution in [2.75, 3.05) is 26.3 Å². The van der Waals surface area contributed by atoms with Crippen molar-refractivity contribution in [1.29, 1.82) is 0 Å². The number of nitrogens with zero attached hydrogens (tertiary/aromatic N) is 3. The second-order valence-electron chi connectivity index (χ2n) is 8.01. The Labute approximate surface area is 200 Å². The number of para-hydroxylation sites is 1. The van der Waals surface area contributed by atoms with Crippen molar-refractivity contribution in [2.24, 2.45) is 0 Å². The topological polar surface area (TPSA) is 97.0 Å². The van der Waals surface area contributed by atoms with Gasteiger partial charge < -0.3 is 18.6 Å². The molecule has 2 saturated heterocycles. The van der Waals surface area contributed by atoms with Gasteiger partial charge in [0.1, 0.15) is 17.9 Å². The molecule has 2 fully saturated rings. The molecule has 1 N–H and O–H groups in total. The summed E-state index contributed by atoms with van der Waals surface area (Å²) in [6.07, 6.45) is 4.85. The van der Waals surface area contributed by atoms with Crippen LogP contribution in [-0.4, -0.2) is 63.5 Å². The highest BCUT2D eigenvalue weighted by atomic mass is 32.1. The zero-order valence-electron chi connectivity index (χ0n) is 18.2. The molecule has 0 aliphatic carbocycles. The van der Waals surface area contributed by atoms with Crippen molar-refractivity contribution in [2.45, 2.75) is 13.1 Å². The maximum Gasteiger partial charge on any atom is 0.266 e. The summed E-state index contributed by atoms with van der Waals surface area (Å²) < 4.78 is 12.5.